The first kappa shape index (κ1) is 11.8. The van der Waals surface area contributed by atoms with Crippen LogP contribution in [0.5, 0.6) is 0 Å². The smallest absolute Gasteiger partial charge is 0.316 e. The molecule has 0 amide bonds. The Labute approximate surface area is 89.4 Å². The van der Waals surface area contributed by atoms with Crippen molar-refractivity contribution in [2.45, 2.75) is 12.7 Å². The van der Waals surface area contributed by atoms with Gasteiger partial charge >= 0.3 is 5.97 Å². The highest BCUT2D eigenvalue weighted by Crippen LogP contribution is 2.12. The lowest BCUT2D eigenvalue weighted by molar-refractivity contribution is -0.133. The van der Waals surface area contributed by atoms with Crippen molar-refractivity contribution in [3.8, 4) is 0 Å². The summed E-state index contributed by atoms with van der Waals surface area (Å²) < 4.78 is 24.0. The van der Waals surface area contributed by atoms with E-state index in [-0.39, 0.29) is 17.3 Å². The van der Waals surface area contributed by atoms with E-state index >= 15 is 0 Å². The van der Waals surface area contributed by atoms with Crippen LogP contribution in [0.3, 0.4) is 0 Å². The summed E-state index contributed by atoms with van der Waals surface area (Å²) in [6.45, 7) is 1.70. The number of rotatable bonds is 4. The van der Waals surface area contributed by atoms with Crippen LogP contribution in [-0.2, 0) is 21.3 Å². The Morgan fingerprint density at radius 2 is 2.20 bits per heavy atom. The summed E-state index contributed by atoms with van der Waals surface area (Å²) in [5.74, 6) is -1.66. The van der Waals surface area contributed by atoms with Gasteiger partial charge in [0.2, 0.25) is 0 Å². The number of halogens is 1. The predicted octanol–water partition coefficient (Wildman–Crippen LogP) is 1.47. The van der Waals surface area contributed by atoms with E-state index in [1.807, 2.05) is 0 Å². The molecular weight excluding hydrogens is 219 g/mol. The van der Waals surface area contributed by atoms with Crippen molar-refractivity contribution in [2.24, 2.45) is 0 Å². The van der Waals surface area contributed by atoms with Gasteiger partial charge in [-0.25, -0.2) is 4.39 Å². The molecule has 0 bridgehead atoms. The van der Waals surface area contributed by atoms with Gasteiger partial charge < -0.3 is 5.11 Å². The molecule has 1 aromatic rings. The number of carboxylic acid groups (broad SMARTS) is 1. The fourth-order valence-corrected chi connectivity index (χ4v) is 2.23. The normalized spacial score (nSPS) is 12.4. The SMILES string of the molecule is Cc1cc(F)ccc1CS(=O)CC(=O)O. The molecule has 0 saturated carbocycles. The van der Waals surface area contributed by atoms with Crippen LogP contribution in [0.25, 0.3) is 0 Å². The molecule has 0 saturated heterocycles. The van der Waals surface area contributed by atoms with Crippen LogP contribution in [0.15, 0.2) is 18.2 Å². The lowest BCUT2D eigenvalue weighted by Gasteiger charge is -2.04. The van der Waals surface area contributed by atoms with E-state index in [0.717, 1.165) is 5.56 Å². The number of aliphatic carboxylic acids is 1. The molecule has 0 heterocycles. The molecule has 0 aliphatic rings. The molecule has 0 aromatic heterocycles. The summed E-state index contributed by atoms with van der Waals surface area (Å²) >= 11 is 0. The van der Waals surface area contributed by atoms with Gasteiger partial charge in [0.25, 0.3) is 0 Å². The van der Waals surface area contributed by atoms with Crippen molar-refractivity contribution in [3.63, 3.8) is 0 Å². The maximum absolute atomic E-state index is 12.7. The van der Waals surface area contributed by atoms with Gasteiger partial charge in [-0.05, 0) is 30.2 Å². The average molecular weight is 230 g/mol. The Bertz CT molecular complexity index is 404. The standard InChI is InChI=1S/C10H11FO3S/c1-7-4-9(11)3-2-8(7)5-15(14)6-10(12)13/h2-4H,5-6H2,1H3,(H,12,13). The van der Waals surface area contributed by atoms with Gasteiger partial charge in [0.05, 0.1) is 0 Å². The van der Waals surface area contributed by atoms with Crippen molar-refractivity contribution in [2.75, 3.05) is 5.75 Å². The minimum Gasteiger partial charge on any atom is -0.481 e. The van der Waals surface area contributed by atoms with E-state index in [9.17, 15) is 13.4 Å². The third-order valence-corrected chi connectivity index (χ3v) is 3.11. The number of carboxylic acids is 1. The molecule has 1 unspecified atom stereocenters. The first-order valence-corrected chi connectivity index (χ1v) is 5.79. The second-order valence-corrected chi connectivity index (χ2v) is 4.65. The van der Waals surface area contributed by atoms with Crippen LogP contribution in [-0.4, -0.2) is 21.0 Å². The van der Waals surface area contributed by atoms with Crippen LogP contribution in [0.1, 0.15) is 11.1 Å². The van der Waals surface area contributed by atoms with E-state index in [0.29, 0.717) is 5.56 Å². The second-order valence-electron chi connectivity index (χ2n) is 3.19. The first-order chi connectivity index (χ1) is 6.99. The van der Waals surface area contributed by atoms with E-state index in [1.54, 1.807) is 6.92 Å². The van der Waals surface area contributed by atoms with Gasteiger partial charge in [0, 0.05) is 16.6 Å². The molecular formula is C10H11FO3S. The molecule has 1 atom stereocenters. The molecule has 0 radical (unpaired) electrons. The second kappa shape index (κ2) is 5.02. The maximum Gasteiger partial charge on any atom is 0.316 e. The summed E-state index contributed by atoms with van der Waals surface area (Å²) in [4.78, 5) is 10.3. The fourth-order valence-electron chi connectivity index (χ4n) is 1.18. The van der Waals surface area contributed by atoms with Gasteiger partial charge in [0.1, 0.15) is 11.6 Å². The Balaban J connectivity index is 2.72. The van der Waals surface area contributed by atoms with Gasteiger partial charge in [-0.2, -0.15) is 0 Å². The van der Waals surface area contributed by atoms with Crippen molar-refractivity contribution in [1.29, 1.82) is 0 Å². The Morgan fingerprint density at radius 3 is 2.73 bits per heavy atom. The zero-order valence-electron chi connectivity index (χ0n) is 8.20. The van der Waals surface area contributed by atoms with Gasteiger partial charge in [-0.15, -0.1) is 0 Å². The van der Waals surface area contributed by atoms with Crippen LogP contribution in [0.4, 0.5) is 4.39 Å². The van der Waals surface area contributed by atoms with Crippen molar-refractivity contribution >= 4 is 16.8 Å². The third-order valence-electron chi connectivity index (χ3n) is 1.91. The predicted molar refractivity (Wildman–Crippen MR) is 55.5 cm³/mol. The average Bonchev–Trinajstić information content (AvgIpc) is 2.08. The van der Waals surface area contributed by atoms with Gasteiger partial charge in [0.15, 0.2) is 0 Å². The molecule has 5 heteroatoms. The minimum absolute atomic E-state index is 0.151. The number of aryl methyl sites for hydroxylation is 1. The highest BCUT2D eigenvalue weighted by molar-refractivity contribution is 7.84. The van der Waals surface area contributed by atoms with Gasteiger partial charge in [-0.1, -0.05) is 6.07 Å². The van der Waals surface area contributed by atoms with Crippen LogP contribution in [0.2, 0.25) is 0 Å². The molecule has 3 nitrogen and oxygen atoms in total. The highest BCUT2D eigenvalue weighted by atomic mass is 32.2. The molecule has 0 spiro atoms. The summed E-state index contributed by atoms with van der Waals surface area (Å²) in [6.07, 6.45) is 0. The Morgan fingerprint density at radius 1 is 1.53 bits per heavy atom. The molecule has 0 aliphatic carbocycles. The maximum atomic E-state index is 12.7. The lowest BCUT2D eigenvalue weighted by Crippen LogP contribution is -2.11. The molecule has 1 N–H and O–H groups in total. The fraction of sp³-hybridized carbons (Fsp3) is 0.300. The number of benzene rings is 1. The first-order valence-electron chi connectivity index (χ1n) is 4.31. The lowest BCUT2D eigenvalue weighted by atomic mass is 10.1. The summed E-state index contributed by atoms with van der Waals surface area (Å²) in [5.41, 5.74) is 1.41. The number of hydrogen-bond donors (Lipinski definition) is 1. The molecule has 1 aromatic carbocycles. The summed E-state index contributed by atoms with van der Waals surface area (Å²) in [7, 11) is -1.44. The molecule has 0 fully saturated rings. The van der Waals surface area contributed by atoms with E-state index < -0.39 is 16.8 Å². The zero-order valence-corrected chi connectivity index (χ0v) is 9.01. The van der Waals surface area contributed by atoms with Crippen molar-refractivity contribution in [1.82, 2.24) is 0 Å². The largest absolute Gasteiger partial charge is 0.481 e. The van der Waals surface area contributed by atoms with Crippen LogP contribution >= 0.6 is 0 Å². The quantitative estimate of drug-likeness (QED) is 0.852. The molecule has 82 valence electrons. The minimum atomic E-state index is -1.44. The van der Waals surface area contributed by atoms with E-state index in [1.165, 1.54) is 18.2 Å². The molecule has 1 rings (SSSR count). The van der Waals surface area contributed by atoms with Crippen molar-refractivity contribution in [3.05, 3.63) is 35.1 Å². The van der Waals surface area contributed by atoms with Crippen LogP contribution < -0.4 is 0 Å². The third kappa shape index (κ3) is 3.79. The molecule has 15 heavy (non-hydrogen) atoms. The monoisotopic (exact) mass is 230 g/mol. The topological polar surface area (TPSA) is 54.4 Å². The van der Waals surface area contributed by atoms with Crippen LogP contribution in [0, 0.1) is 12.7 Å². The summed E-state index contributed by atoms with van der Waals surface area (Å²) in [6, 6.07) is 4.15. The Kier molecular flexibility index (Phi) is 3.96. The Hall–Kier alpha value is -1.23. The zero-order chi connectivity index (χ0) is 11.4. The molecule has 0 aliphatic heterocycles. The van der Waals surface area contributed by atoms with Gasteiger partial charge in [-0.3, -0.25) is 9.00 Å². The van der Waals surface area contributed by atoms with E-state index in [2.05, 4.69) is 0 Å². The number of hydrogen-bond acceptors (Lipinski definition) is 2. The highest BCUT2D eigenvalue weighted by Gasteiger charge is 2.08. The van der Waals surface area contributed by atoms with Crippen molar-refractivity contribution < 1.29 is 18.5 Å². The number of carbonyl (C=O) groups is 1. The summed E-state index contributed by atoms with van der Waals surface area (Å²) in [5, 5.41) is 8.42. The van der Waals surface area contributed by atoms with E-state index in [4.69, 9.17) is 5.11 Å².